The van der Waals surface area contributed by atoms with Gasteiger partial charge in [-0.1, -0.05) is 53.5 Å². The molecule has 3 aliphatic rings. The highest BCUT2D eigenvalue weighted by Gasteiger charge is 2.35. The lowest BCUT2D eigenvalue weighted by Gasteiger charge is -2.42. The minimum atomic E-state index is 0.237. The zero-order valence-corrected chi connectivity index (χ0v) is 22.0. The van der Waals surface area contributed by atoms with Crippen LogP contribution in [-0.2, 0) is 4.74 Å². The smallest absolute Gasteiger partial charge is 0.0642 e. The van der Waals surface area contributed by atoms with Gasteiger partial charge in [-0.3, -0.25) is 4.90 Å². The van der Waals surface area contributed by atoms with E-state index in [2.05, 4.69) is 73.6 Å². The molecule has 0 amide bonds. The van der Waals surface area contributed by atoms with Gasteiger partial charge in [0.25, 0.3) is 0 Å². The van der Waals surface area contributed by atoms with Crippen LogP contribution < -0.4 is 9.80 Å². The van der Waals surface area contributed by atoms with E-state index in [0.29, 0.717) is 5.41 Å². The molecule has 0 N–H and O–H groups in total. The molecule has 4 nitrogen and oxygen atoms in total. The molecule has 4 rings (SSSR count). The van der Waals surface area contributed by atoms with Gasteiger partial charge in [-0.15, -0.1) is 0 Å². The van der Waals surface area contributed by atoms with Crippen LogP contribution >= 0.6 is 0 Å². The summed E-state index contributed by atoms with van der Waals surface area (Å²) in [6, 6.07) is 7.28. The summed E-state index contributed by atoms with van der Waals surface area (Å²) < 4.78 is 5.62. The summed E-state index contributed by atoms with van der Waals surface area (Å²) in [6.45, 7) is 21.6. The Morgan fingerprint density at radius 2 is 1.61 bits per heavy atom. The molecule has 1 aliphatic carbocycles. The molecule has 0 unspecified atom stereocenters. The first-order chi connectivity index (χ1) is 15.8. The maximum absolute atomic E-state index is 5.62. The molecule has 2 heterocycles. The molecule has 33 heavy (non-hydrogen) atoms. The fourth-order valence-electron chi connectivity index (χ4n) is 6.43. The molecular weight excluding hydrogens is 406 g/mol. The number of unbranched alkanes of at least 4 members (excludes halogenated alkanes) is 2. The van der Waals surface area contributed by atoms with Crippen LogP contribution in [0.2, 0.25) is 0 Å². The van der Waals surface area contributed by atoms with E-state index in [1.165, 1.54) is 62.3 Å². The molecule has 0 spiro atoms. The molecule has 4 heteroatoms. The third kappa shape index (κ3) is 6.33. The zero-order chi connectivity index (χ0) is 23.5. The van der Waals surface area contributed by atoms with Crippen molar-refractivity contribution in [2.45, 2.75) is 66.7 Å². The van der Waals surface area contributed by atoms with Crippen LogP contribution in [0.15, 0.2) is 24.3 Å². The summed E-state index contributed by atoms with van der Waals surface area (Å²) in [4.78, 5) is 7.83. The molecule has 0 bridgehead atoms. The molecule has 2 aliphatic heterocycles. The Hall–Kier alpha value is -1.52. The van der Waals surface area contributed by atoms with Crippen molar-refractivity contribution in [1.82, 2.24) is 4.90 Å². The van der Waals surface area contributed by atoms with Crippen LogP contribution in [0.5, 0.6) is 0 Å². The number of hydrogen-bond donors (Lipinski definition) is 0. The fourth-order valence-corrected chi connectivity index (χ4v) is 6.43. The summed E-state index contributed by atoms with van der Waals surface area (Å²) in [5, 5.41) is 0. The van der Waals surface area contributed by atoms with Gasteiger partial charge >= 0.3 is 0 Å². The van der Waals surface area contributed by atoms with E-state index in [4.69, 9.17) is 4.74 Å². The summed E-state index contributed by atoms with van der Waals surface area (Å²) >= 11 is 0. The number of allylic oxidation sites excluding steroid dienone is 2. The highest BCUT2D eigenvalue weighted by Crippen LogP contribution is 2.49. The SMILES string of the molecule is CCCCCN1CCN(c2ccc(N3CCOCC3)cc2C2=CC(C)(C)CC(C)(C)C2)CC1. The van der Waals surface area contributed by atoms with Gasteiger partial charge in [0.05, 0.1) is 13.2 Å². The third-order valence-corrected chi connectivity index (χ3v) is 7.66. The van der Waals surface area contributed by atoms with Crippen LogP contribution in [0.3, 0.4) is 0 Å². The van der Waals surface area contributed by atoms with Crippen LogP contribution in [0, 0.1) is 10.8 Å². The second kappa shape index (κ2) is 10.4. The average molecular weight is 454 g/mol. The van der Waals surface area contributed by atoms with Crippen molar-refractivity contribution < 1.29 is 4.74 Å². The van der Waals surface area contributed by atoms with Gasteiger partial charge in [0.2, 0.25) is 0 Å². The van der Waals surface area contributed by atoms with Crippen molar-refractivity contribution in [1.29, 1.82) is 0 Å². The quantitative estimate of drug-likeness (QED) is 0.467. The Labute approximate surface area is 203 Å². The fraction of sp³-hybridized carbons (Fsp3) is 0.724. The monoisotopic (exact) mass is 453 g/mol. The summed E-state index contributed by atoms with van der Waals surface area (Å²) in [7, 11) is 0. The molecule has 0 atom stereocenters. The Kier molecular flexibility index (Phi) is 7.75. The van der Waals surface area contributed by atoms with Gasteiger partial charge in [-0.2, -0.15) is 0 Å². The van der Waals surface area contributed by atoms with Crippen molar-refractivity contribution in [2.24, 2.45) is 10.8 Å². The number of nitrogens with zero attached hydrogens (tertiary/aromatic N) is 3. The van der Waals surface area contributed by atoms with Crippen molar-refractivity contribution in [2.75, 3.05) is 68.8 Å². The molecule has 184 valence electrons. The van der Waals surface area contributed by atoms with Crippen molar-refractivity contribution in [3.05, 3.63) is 29.8 Å². The number of piperazine rings is 1. The van der Waals surface area contributed by atoms with Gasteiger partial charge in [0, 0.05) is 56.2 Å². The maximum atomic E-state index is 5.62. The lowest BCUT2D eigenvalue weighted by Crippen LogP contribution is -2.47. The molecule has 2 saturated heterocycles. The molecule has 2 fully saturated rings. The molecule has 0 saturated carbocycles. The molecular formula is C29H47N3O. The Morgan fingerprint density at radius 3 is 2.27 bits per heavy atom. The second-order valence-electron chi connectivity index (χ2n) is 12.0. The molecule has 0 radical (unpaired) electrons. The predicted molar refractivity (Wildman–Crippen MR) is 142 cm³/mol. The van der Waals surface area contributed by atoms with E-state index >= 15 is 0 Å². The standard InChI is InChI=1S/C29H47N3O/c1-6-7-8-11-30-12-14-32(15-13-30)27-10-9-25(31-16-18-33-19-17-31)20-26(27)24-21-28(2,3)23-29(4,5)22-24/h9-10,20-21H,6-8,11-19,22-23H2,1-5H3. The lowest BCUT2D eigenvalue weighted by atomic mass is 9.65. The number of rotatable bonds is 7. The van der Waals surface area contributed by atoms with Gasteiger partial charge < -0.3 is 14.5 Å². The van der Waals surface area contributed by atoms with Crippen LogP contribution in [0.4, 0.5) is 11.4 Å². The summed E-state index contributed by atoms with van der Waals surface area (Å²) in [5.41, 5.74) is 6.39. The van der Waals surface area contributed by atoms with Gasteiger partial charge in [-0.05, 0) is 60.4 Å². The molecule has 0 aromatic heterocycles. The van der Waals surface area contributed by atoms with E-state index in [-0.39, 0.29) is 5.41 Å². The highest BCUT2D eigenvalue weighted by atomic mass is 16.5. The second-order valence-corrected chi connectivity index (χ2v) is 12.0. The third-order valence-electron chi connectivity index (χ3n) is 7.66. The van der Waals surface area contributed by atoms with E-state index in [0.717, 1.165) is 45.8 Å². The van der Waals surface area contributed by atoms with Gasteiger partial charge in [0.15, 0.2) is 0 Å². The number of benzene rings is 1. The minimum Gasteiger partial charge on any atom is -0.378 e. The van der Waals surface area contributed by atoms with Crippen molar-refractivity contribution >= 4 is 16.9 Å². The van der Waals surface area contributed by atoms with Gasteiger partial charge in [-0.25, -0.2) is 0 Å². The highest BCUT2D eigenvalue weighted by molar-refractivity contribution is 5.81. The first kappa shape index (κ1) is 24.6. The topological polar surface area (TPSA) is 19.0 Å². The number of ether oxygens (including phenoxy) is 1. The first-order valence-corrected chi connectivity index (χ1v) is 13.4. The number of morpholine rings is 1. The normalized spacial score (nSPS) is 23.5. The Bertz CT molecular complexity index is 814. The number of anilines is 2. The predicted octanol–water partition coefficient (Wildman–Crippen LogP) is 6.07. The minimum absolute atomic E-state index is 0.237. The average Bonchev–Trinajstić information content (AvgIpc) is 2.78. The largest absolute Gasteiger partial charge is 0.378 e. The Balaban J connectivity index is 1.61. The van der Waals surface area contributed by atoms with Gasteiger partial charge in [0.1, 0.15) is 0 Å². The van der Waals surface area contributed by atoms with Crippen LogP contribution in [0.1, 0.15) is 72.3 Å². The summed E-state index contributed by atoms with van der Waals surface area (Å²) in [5.74, 6) is 0. The van der Waals surface area contributed by atoms with Crippen LogP contribution in [0.25, 0.3) is 5.57 Å². The lowest BCUT2D eigenvalue weighted by molar-refractivity contribution is 0.122. The van der Waals surface area contributed by atoms with E-state index in [9.17, 15) is 0 Å². The summed E-state index contributed by atoms with van der Waals surface area (Å²) in [6.07, 6.45) is 8.99. The van der Waals surface area contributed by atoms with E-state index < -0.39 is 0 Å². The van der Waals surface area contributed by atoms with E-state index in [1.807, 2.05) is 0 Å². The number of hydrogen-bond acceptors (Lipinski definition) is 4. The molecule has 1 aromatic carbocycles. The zero-order valence-electron chi connectivity index (χ0n) is 22.0. The van der Waals surface area contributed by atoms with Crippen molar-refractivity contribution in [3.63, 3.8) is 0 Å². The van der Waals surface area contributed by atoms with E-state index in [1.54, 1.807) is 5.57 Å². The Morgan fingerprint density at radius 1 is 0.879 bits per heavy atom. The maximum Gasteiger partial charge on any atom is 0.0642 e. The van der Waals surface area contributed by atoms with Crippen molar-refractivity contribution in [3.8, 4) is 0 Å². The first-order valence-electron chi connectivity index (χ1n) is 13.4. The van der Waals surface area contributed by atoms with Crippen LogP contribution in [-0.4, -0.2) is 63.9 Å². The molecule has 1 aromatic rings.